The smallest absolute Gasteiger partial charge is 0.111 e. The minimum Gasteiger partial charge on any atom is -0.331 e. The van der Waals surface area contributed by atoms with E-state index in [1.54, 1.807) is 0 Å². The first kappa shape index (κ1) is 12.2. The van der Waals surface area contributed by atoms with Crippen LogP contribution in [0.3, 0.4) is 0 Å². The van der Waals surface area contributed by atoms with Crippen LogP contribution in [0.4, 0.5) is 0 Å². The summed E-state index contributed by atoms with van der Waals surface area (Å²) in [5.74, 6) is 1.10. The highest BCUT2D eigenvalue weighted by atomic mass is 15.1. The molecule has 1 aliphatic rings. The highest BCUT2D eigenvalue weighted by molar-refractivity contribution is 5.77. The summed E-state index contributed by atoms with van der Waals surface area (Å²) in [5, 5.41) is 12.5. The summed E-state index contributed by atoms with van der Waals surface area (Å²) in [4.78, 5) is 4.70. The van der Waals surface area contributed by atoms with Crippen molar-refractivity contribution in [2.45, 2.75) is 31.7 Å². The van der Waals surface area contributed by atoms with Crippen LogP contribution >= 0.6 is 0 Å². The number of benzene rings is 1. The largest absolute Gasteiger partial charge is 0.331 e. The maximum atomic E-state index is 8.97. The van der Waals surface area contributed by atoms with Crippen molar-refractivity contribution in [1.82, 2.24) is 14.9 Å². The molecule has 1 aromatic carbocycles. The second-order valence-electron chi connectivity index (χ2n) is 5.25. The number of hydrogen-bond donors (Lipinski definition) is 1. The number of aromatic nitrogens is 2. The van der Waals surface area contributed by atoms with Crippen LogP contribution in [0.1, 0.15) is 30.7 Å². The average Bonchev–Trinajstić information content (AvgIpc) is 2.76. The Morgan fingerprint density at radius 3 is 3.11 bits per heavy atom. The molecule has 0 saturated carbocycles. The molecule has 0 aliphatic carbocycles. The number of nitriles is 1. The van der Waals surface area contributed by atoms with E-state index < -0.39 is 0 Å². The van der Waals surface area contributed by atoms with Crippen molar-refractivity contribution in [3.63, 3.8) is 0 Å². The first-order chi connectivity index (χ1) is 9.28. The van der Waals surface area contributed by atoms with E-state index in [1.807, 2.05) is 25.2 Å². The molecule has 1 saturated heterocycles. The summed E-state index contributed by atoms with van der Waals surface area (Å²) < 4.78 is 2.12. The van der Waals surface area contributed by atoms with Gasteiger partial charge in [0.1, 0.15) is 5.82 Å². The lowest BCUT2D eigenvalue weighted by Crippen LogP contribution is -2.36. The fourth-order valence-electron chi connectivity index (χ4n) is 2.81. The van der Waals surface area contributed by atoms with Crippen LogP contribution in [0.5, 0.6) is 0 Å². The van der Waals surface area contributed by atoms with E-state index in [0.717, 1.165) is 29.8 Å². The third-order valence-corrected chi connectivity index (χ3v) is 3.94. The van der Waals surface area contributed by atoms with Crippen molar-refractivity contribution in [2.75, 3.05) is 6.54 Å². The molecule has 2 heterocycles. The molecule has 1 N–H and O–H groups in total. The van der Waals surface area contributed by atoms with Crippen molar-refractivity contribution >= 4 is 11.0 Å². The Kier molecular flexibility index (Phi) is 3.22. The van der Waals surface area contributed by atoms with Gasteiger partial charge in [0.05, 0.1) is 22.7 Å². The third-order valence-electron chi connectivity index (χ3n) is 3.94. The van der Waals surface area contributed by atoms with Gasteiger partial charge >= 0.3 is 0 Å². The summed E-state index contributed by atoms with van der Waals surface area (Å²) in [6.45, 7) is 1.12. The molecule has 1 atom stereocenters. The van der Waals surface area contributed by atoms with Gasteiger partial charge in [-0.3, -0.25) is 0 Å². The zero-order chi connectivity index (χ0) is 13.2. The van der Waals surface area contributed by atoms with E-state index >= 15 is 0 Å². The Hall–Kier alpha value is -1.86. The number of fused-ring (bicyclic) bond motifs is 1. The summed E-state index contributed by atoms with van der Waals surface area (Å²) in [5.41, 5.74) is 2.72. The third kappa shape index (κ3) is 2.34. The zero-order valence-electron chi connectivity index (χ0n) is 11.2. The number of hydrogen-bond acceptors (Lipinski definition) is 3. The maximum Gasteiger partial charge on any atom is 0.111 e. The number of piperidine rings is 1. The second-order valence-corrected chi connectivity index (χ2v) is 5.25. The van der Waals surface area contributed by atoms with Crippen molar-refractivity contribution in [3.8, 4) is 6.07 Å². The van der Waals surface area contributed by atoms with Gasteiger partial charge < -0.3 is 9.88 Å². The van der Waals surface area contributed by atoms with Crippen molar-refractivity contribution in [1.29, 1.82) is 5.26 Å². The van der Waals surface area contributed by atoms with Gasteiger partial charge in [-0.15, -0.1) is 0 Å². The molecule has 19 heavy (non-hydrogen) atoms. The molecule has 1 fully saturated rings. The summed E-state index contributed by atoms with van der Waals surface area (Å²) in [6.07, 6.45) is 4.78. The molecule has 0 amide bonds. The van der Waals surface area contributed by atoms with Crippen LogP contribution < -0.4 is 5.32 Å². The Balaban J connectivity index is 1.91. The van der Waals surface area contributed by atoms with Crippen molar-refractivity contribution in [3.05, 3.63) is 29.6 Å². The lowest BCUT2D eigenvalue weighted by atomic mass is 10.0. The summed E-state index contributed by atoms with van der Waals surface area (Å²) >= 11 is 0. The fourth-order valence-corrected chi connectivity index (χ4v) is 2.81. The maximum absolute atomic E-state index is 8.97. The first-order valence-electron chi connectivity index (χ1n) is 6.87. The number of imidazole rings is 1. The van der Waals surface area contributed by atoms with E-state index in [2.05, 4.69) is 16.0 Å². The van der Waals surface area contributed by atoms with Crippen molar-refractivity contribution < 1.29 is 0 Å². The van der Waals surface area contributed by atoms with Gasteiger partial charge in [-0.25, -0.2) is 4.98 Å². The molecule has 4 heteroatoms. The Bertz CT molecular complexity index is 629. The number of rotatable bonds is 2. The topological polar surface area (TPSA) is 53.6 Å². The van der Waals surface area contributed by atoms with Crippen LogP contribution in [-0.4, -0.2) is 22.1 Å². The minimum absolute atomic E-state index is 0.541. The van der Waals surface area contributed by atoms with Crippen molar-refractivity contribution in [2.24, 2.45) is 7.05 Å². The molecule has 3 rings (SSSR count). The van der Waals surface area contributed by atoms with Gasteiger partial charge in [0.25, 0.3) is 0 Å². The van der Waals surface area contributed by atoms with Gasteiger partial charge in [-0.05, 0) is 37.6 Å². The molecule has 98 valence electrons. The molecule has 0 bridgehead atoms. The van der Waals surface area contributed by atoms with Gasteiger partial charge in [0.15, 0.2) is 0 Å². The lowest BCUT2D eigenvalue weighted by molar-refractivity contribution is 0.392. The molecular weight excluding hydrogens is 236 g/mol. The quantitative estimate of drug-likeness (QED) is 0.893. The van der Waals surface area contributed by atoms with Crippen LogP contribution in [0.2, 0.25) is 0 Å². The first-order valence-corrected chi connectivity index (χ1v) is 6.87. The van der Waals surface area contributed by atoms with Crippen LogP contribution in [-0.2, 0) is 13.5 Å². The highest BCUT2D eigenvalue weighted by Crippen LogP contribution is 2.19. The Morgan fingerprint density at radius 1 is 1.47 bits per heavy atom. The Labute approximate surface area is 113 Å². The minimum atomic E-state index is 0.541. The van der Waals surface area contributed by atoms with Crippen LogP contribution in [0.25, 0.3) is 11.0 Å². The second kappa shape index (κ2) is 5.02. The lowest BCUT2D eigenvalue weighted by Gasteiger charge is -2.22. The number of nitrogens with zero attached hydrogens (tertiary/aromatic N) is 3. The average molecular weight is 254 g/mol. The molecule has 0 radical (unpaired) electrons. The highest BCUT2D eigenvalue weighted by Gasteiger charge is 2.16. The molecule has 0 spiro atoms. The molecule has 1 aliphatic heterocycles. The van der Waals surface area contributed by atoms with Gasteiger partial charge in [0.2, 0.25) is 0 Å². The molecule has 1 aromatic heterocycles. The van der Waals surface area contributed by atoms with Gasteiger partial charge in [-0.1, -0.05) is 6.42 Å². The molecule has 2 aromatic rings. The number of aryl methyl sites for hydroxylation is 1. The predicted octanol–water partition coefficient (Wildman–Crippen LogP) is 2.13. The van der Waals surface area contributed by atoms with Gasteiger partial charge in [0, 0.05) is 19.5 Å². The van der Waals surface area contributed by atoms with E-state index in [-0.39, 0.29) is 0 Å². The van der Waals surface area contributed by atoms with Crippen LogP contribution in [0, 0.1) is 11.3 Å². The van der Waals surface area contributed by atoms with E-state index in [9.17, 15) is 0 Å². The van der Waals surface area contributed by atoms with E-state index in [0.29, 0.717) is 11.6 Å². The van der Waals surface area contributed by atoms with E-state index in [4.69, 9.17) is 10.2 Å². The van der Waals surface area contributed by atoms with Gasteiger partial charge in [-0.2, -0.15) is 5.26 Å². The Morgan fingerprint density at radius 2 is 2.37 bits per heavy atom. The van der Waals surface area contributed by atoms with E-state index in [1.165, 1.54) is 19.3 Å². The standard InChI is InChI=1S/C15H18N4/c1-19-14-8-11(10-16)5-6-13(14)18-15(19)9-12-4-2-3-7-17-12/h5-6,8,12,17H,2-4,7,9H2,1H3. The molecule has 1 unspecified atom stereocenters. The molecular formula is C15H18N4. The monoisotopic (exact) mass is 254 g/mol. The SMILES string of the molecule is Cn1c(CC2CCCCN2)nc2ccc(C#N)cc21. The fraction of sp³-hybridized carbons (Fsp3) is 0.467. The molecule has 4 nitrogen and oxygen atoms in total. The summed E-state index contributed by atoms with van der Waals surface area (Å²) in [7, 11) is 2.04. The van der Waals surface area contributed by atoms with Crippen LogP contribution in [0.15, 0.2) is 18.2 Å². The predicted molar refractivity (Wildman–Crippen MR) is 74.8 cm³/mol. The summed E-state index contributed by atoms with van der Waals surface area (Å²) in [6, 6.07) is 8.41. The normalized spacial score (nSPS) is 19.5. The zero-order valence-corrected chi connectivity index (χ0v) is 11.2. The number of nitrogens with one attached hydrogen (secondary N) is 1.